The van der Waals surface area contributed by atoms with Crippen molar-refractivity contribution in [3.63, 3.8) is 0 Å². The van der Waals surface area contributed by atoms with E-state index < -0.39 is 12.6 Å². The van der Waals surface area contributed by atoms with Gasteiger partial charge in [-0.3, -0.25) is 4.99 Å². The van der Waals surface area contributed by atoms with Crippen molar-refractivity contribution in [3.8, 4) is 5.75 Å². The predicted octanol–water partition coefficient (Wildman–Crippen LogP) is 3.40. The highest BCUT2D eigenvalue weighted by Gasteiger charge is 2.27. The van der Waals surface area contributed by atoms with Crippen LogP contribution in [0.15, 0.2) is 29.3 Å². The number of benzene rings is 1. The number of hydrogen-bond acceptors (Lipinski definition) is 3. The molecule has 0 spiro atoms. The summed E-state index contributed by atoms with van der Waals surface area (Å²) in [7, 11) is 1.64. The molecule has 0 saturated carbocycles. The molecule has 148 valence electrons. The number of alkyl halides is 3. The van der Waals surface area contributed by atoms with Gasteiger partial charge < -0.3 is 20.3 Å². The summed E-state index contributed by atoms with van der Waals surface area (Å²) in [4.78, 5) is 6.23. The first kappa shape index (κ1) is 22.7. The van der Waals surface area contributed by atoms with E-state index in [1.54, 1.807) is 7.11 Å². The van der Waals surface area contributed by atoms with Crippen LogP contribution in [0.25, 0.3) is 0 Å². The number of guanidine groups is 1. The first-order valence-electron chi connectivity index (χ1n) is 8.42. The minimum absolute atomic E-state index is 0. The number of hydrogen-bond donors (Lipinski definition) is 2. The number of anilines is 1. The van der Waals surface area contributed by atoms with Crippen molar-refractivity contribution in [2.75, 3.05) is 38.2 Å². The van der Waals surface area contributed by atoms with E-state index in [1.165, 1.54) is 0 Å². The number of halogens is 4. The molecule has 0 aromatic heterocycles. The summed E-state index contributed by atoms with van der Waals surface area (Å²) in [6, 6.07) is 7.92. The molecule has 1 heterocycles. The zero-order valence-electron chi connectivity index (χ0n) is 15.0. The zero-order chi connectivity index (χ0) is 18.3. The second-order valence-electron chi connectivity index (χ2n) is 5.87. The third kappa shape index (κ3) is 7.08. The molecule has 1 saturated heterocycles. The second kappa shape index (κ2) is 10.7. The van der Waals surface area contributed by atoms with Crippen molar-refractivity contribution in [1.29, 1.82) is 0 Å². The maximum atomic E-state index is 12.3. The number of nitrogens with one attached hydrogen (secondary N) is 2. The van der Waals surface area contributed by atoms with Gasteiger partial charge in [0.1, 0.15) is 5.75 Å². The molecule has 9 heteroatoms. The van der Waals surface area contributed by atoms with Crippen molar-refractivity contribution in [2.24, 2.45) is 4.99 Å². The highest BCUT2D eigenvalue weighted by Crippen LogP contribution is 2.30. The van der Waals surface area contributed by atoms with Gasteiger partial charge in [-0.05, 0) is 25.5 Å². The SMILES string of the molecule is CCNC(=NCCC(F)(F)F)NC1CCN(c2ccccc2OC)C1.I. The Morgan fingerprint density at radius 2 is 2.08 bits per heavy atom. The van der Waals surface area contributed by atoms with Gasteiger partial charge in [0.2, 0.25) is 0 Å². The van der Waals surface area contributed by atoms with Crippen LogP contribution in [-0.4, -0.2) is 51.5 Å². The Hall–Kier alpha value is -1.39. The average molecular weight is 486 g/mol. The first-order chi connectivity index (χ1) is 11.9. The van der Waals surface area contributed by atoms with Crippen LogP contribution >= 0.6 is 24.0 Å². The van der Waals surface area contributed by atoms with E-state index in [4.69, 9.17) is 4.74 Å². The highest BCUT2D eigenvalue weighted by atomic mass is 127. The molecule has 26 heavy (non-hydrogen) atoms. The molecule has 0 bridgehead atoms. The fourth-order valence-electron chi connectivity index (χ4n) is 2.80. The number of methoxy groups -OCH3 is 1. The maximum Gasteiger partial charge on any atom is 0.390 e. The predicted molar refractivity (Wildman–Crippen MR) is 109 cm³/mol. The van der Waals surface area contributed by atoms with Gasteiger partial charge in [-0.2, -0.15) is 13.2 Å². The van der Waals surface area contributed by atoms with Crippen molar-refractivity contribution < 1.29 is 17.9 Å². The number of para-hydroxylation sites is 2. The van der Waals surface area contributed by atoms with Crippen LogP contribution in [0, 0.1) is 0 Å². The molecule has 1 fully saturated rings. The fraction of sp³-hybridized carbons (Fsp3) is 0.588. The van der Waals surface area contributed by atoms with Gasteiger partial charge in [-0.25, -0.2) is 0 Å². The largest absolute Gasteiger partial charge is 0.495 e. The van der Waals surface area contributed by atoms with E-state index in [0.29, 0.717) is 12.5 Å². The van der Waals surface area contributed by atoms with Crippen molar-refractivity contribution in [3.05, 3.63) is 24.3 Å². The highest BCUT2D eigenvalue weighted by molar-refractivity contribution is 14.0. The molecule has 1 unspecified atom stereocenters. The van der Waals surface area contributed by atoms with E-state index in [2.05, 4.69) is 20.5 Å². The smallest absolute Gasteiger partial charge is 0.390 e. The van der Waals surface area contributed by atoms with E-state index in [0.717, 1.165) is 30.9 Å². The molecule has 1 aromatic rings. The molecule has 2 rings (SSSR count). The summed E-state index contributed by atoms with van der Waals surface area (Å²) >= 11 is 0. The molecule has 2 N–H and O–H groups in total. The molecule has 1 aliphatic heterocycles. The summed E-state index contributed by atoms with van der Waals surface area (Å²) in [6.07, 6.45) is -4.22. The van der Waals surface area contributed by atoms with Gasteiger partial charge in [0.05, 0.1) is 25.8 Å². The topological polar surface area (TPSA) is 48.9 Å². The Bertz CT molecular complexity index is 583. The lowest BCUT2D eigenvalue weighted by molar-refractivity contribution is -0.132. The Morgan fingerprint density at radius 1 is 1.35 bits per heavy atom. The quantitative estimate of drug-likeness (QED) is 0.368. The Kier molecular flexibility index (Phi) is 9.31. The van der Waals surface area contributed by atoms with Gasteiger partial charge in [-0.15, -0.1) is 24.0 Å². The van der Waals surface area contributed by atoms with Crippen molar-refractivity contribution >= 4 is 35.6 Å². The summed E-state index contributed by atoms with van der Waals surface area (Å²) in [6.45, 7) is 3.80. The lowest BCUT2D eigenvalue weighted by Crippen LogP contribution is -2.44. The Morgan fingerprint density at radius 3 is 2.73 bits per heavy atom. The summed E-state index contributed by atoms with van der Waals surface area (Å²) in [5, 5.41) is 6.23. The number of aliphatic imine (C=N–C) groups is 1. The molecule has 1 aromatic carbocycles. The standard InChI is InChI=1S/C17H25F3N4O.HI/c1-3-21-16(22-10-9-17(18,19)20)23-13-8-11-24(12-13)14-6-4-5-7-15(14)25-2;/h4-7,13H,3,8-12H2,1-2H3,(H2,21,22,23);1H. The van der Waals surface area contributed by atoms with E-state index in [1.807, 2.05) is 31.2 Å². The molecule has 5 nitrogen and oxygen atoms in total. The first-order valence-corrected chi connectivity index (χ1v) is 8.42. The van der Waals surface area contributed by atoms with Crippen LogP contribution in [0.3, 0.4) is 0 Å². The van der Waals surface area contributed by atoms with Crippen LogP contribution in [-0.2, 0) is 0 Å². The Labute approximate surface area is 169 Å². The van der Waals surface area contributed by atoms with Gasteiger partial charge >= 0.3 is 6.18 Å². The lowest BCUT2D eigenvalue weighted by Gasteiger charge is -2.22. The van der Waals surface area contributed by atoms with Crippen LogP contribution in [0.5, 0.6) is 5.75 Å². The molecule has 0 amide bonds. The van der Waals surface area contributed by atoms with Gasteiger partial charge in [0.15, 0.2) is 5.96 Å². The van der Waals surface area contributed by atoms with Gasteiger partial charge in [0, 0.05) is 25.7 Å². The summed E-state index contributed by atoms with van der Waals surface area (Å²) in [5.74, 6) is 1.24. The third-order valence-corrected chi connectivity index (χ3v) is 3.96. The second-order valence-corrected chi connectivity index (χ2v) is 5.87. The third-order valence-electron chi connectivity index (χ3n) is 3.96. The van der Waals surface area contributed by atoms with Crippen LogP contribution < -0.4 is 20.3 Å². The van der Waals surface area contributed by atoms with Gasteiger partial charge in [-0.1, -0.05) is 12.1 Å². The average Bonchev–Trinajstić information content (AvgIpc) is 3.02. The normalized spacial score (nSPS) is 17.7. The van der Waals surface area contributed by atoms with Crippen LogP contribution in [0.2, 0.25) is 0 Å². The monoisotopic (exact) mass is 486 g/mol. The Balaban J connectivity index is 0.00000338. The van der Waals surface area contributed by atoms with Crippen LogP contribution in [0.1, 0.15) is 19.8 Å². The zero-order valence-corrected chi connectivity index (χ0v) is 17.3. The van der Waals surface area contributed by atoms with Crippen molar-refractivity contribution in [1.82, 2.24) is 10.6 Å². The minimum atomic E-state index is -4.19. The molecular weight excluding hydrogens is 460 g/mol. The van der Waals surface area contributed by atoms with E-state index >= 15 is 0 Å². The molecule has 1 aliphatic rings. The molecule has 0 radical (unpaired) electrons. The minimum Gasteiger partial charge on any atom is -0.495 e. The van der Waals surface area contributed by atoms with Crippen molar-refractivity contribution in [2.45, 2.75) is 32.0 Å². The number of ether oxygens (including phenoxy) is 1. The maximum absolute atomic E-state index is 12.3. The van der Waals surface area contributed by atoms with E-state index in [-0.39, 0.29) is 36.6 Å². The van der Waals surface area contributed by atoms with Gasteiger partial charge in [0.25, 0.3) is 0 Å². The molecule has 0 aliphatic carbocycles. The molecular formula is C17H26F3IN4O. The van der Waals surface area contributed by atoms with Crippen LogP contribution in [0.4, 0.5) is 18.9 Å². The molecule has 1 atom stereocenters. The lowest BCUT2D eigenvalue weighted by atomic mass is 10.2. The summed E-state index contributed by atoms with van der Waals surface area (Å²) in [5.41, 5.74) is 1.02. The fourth-order valence-corrected chi connectivity index (χ4v) is 2.80. The number of nitrogens with zero attached hydrogens (tertiary/aromatic N) is 2. The summed E-state index contributed by atoms with van der Waals surface area (Å²) < 4.78 is 42.2. The number of rotatable bonds is 6. The van der Waals surface area contributed by atoms with E-state index in [9.17, 15) is 13.2 Å².